The van der Waals surface area contributed by atoms with Crippen LogP contribution in [0.5, 0.6) is 5.75 Å². The highest BCUT2D eigenvalue weighted by molar-refractivity contribution is 5.84. The molecule has 2 aromatic rings. The molecule has 6 heteroatoms. The average molecular weight is 273 g/mol. The Labute approximate surface area is 116 Å². The maximum atomic E-state index is 11.0. The number of carbonyl (C=O) groups excluding carboxylic acids is 1. The van der Waals surface area contributed by atoms with Gasteiger partial charge in [-0.2, -0.15) is 0 Å². The van der Waals surface area contributed by atoms with Gasteiger partial charge < -0.3 is 14.8 Å². The lowest BCUT2D eigenvalue weighted by molar-refractivity contribution is 0.187. The van der Waals surface area contributed by atoms with Crippen molar-refractivity contribution in [2.24, 2.45) is 0 Å². The second-order valence-corrected chi connectivity index (χ2v) is 3.87. The van der Waals surface area contributed by atoms with E-state index < -0.39 is 6.09 Å². The van der Waals surface area contributed by atoms with Crippen LogP contribution in [0.4, 0.5) is 22.0 Å². The molecule has 0 bridgehead atoms. The Morgan fingerprint density at radius 2 is 1.95 bits per heavy atom. The first kappa shape index (κ1) is 13.7. The number of carbonyl (C=O) groups is 1. The molecule has 0 radical (unpaired) electrons. The highest BCUT2D eigenvalue weighted by Gasteiger charge is 2.04. The number of anilines is 3. The monoisotopic (exact) mass is 273 g/mol. The minimum Gasteiger partial charge on any atom is -0.495 e. The number of rotatable bonds is 4. The van der Waals surface area contributed by atoms with E-state index in [1.54, 1.807) is 19.2 Å². The van der Waals surface area contributed by atoms with Crippen LogP contribution in [0.1, 0.15) is 0 Å². The first-order valence-electron chi connectivity index (χ1n) is 5.94. The van der Waals surface area contributed by atoms with Gasteiger partial charge in [0.25, 0.3) is 0 Å². The molecular weight excluding hydrogens is 258 g/mol. The molecular formula is C14H15N3O3. The number of methoxy groups -OCH3 is 2. The molecule has 6 nitrogen and oxygen atoms in total. The largest absolute Gasteiger partial charge is 0.495 e. The van der Waals surface area contributed by atoms with Crippen molar-refractivity contribution in [2.75, 3.05) is 24.9 Å². The van der Waals surface area contributed by atoms with Crippen LogP contribution in [0, 0.1) is 0 Å². The molecule has 104 valence electrons. The summed E-state index contributed by atoms with van der Waals surface area (Å²) < 4.78 is 9.74. The van der Waals surface area contributed by atoms with Crippen molar-refractivity contribution in [3.63, 3.8) is 0 Å². The second-order valence-electron chi connectivity index (χ2n) is 3.87. The molecule has 0 unspecified atom stereocenters. The number of hydrogen-bond donors (Lipinski definition) is 2. The van der Waals surface area contributed by atoms with Crippen molar-refractivity contribution >= 4 is 23.3 Å². The number of ether oxygens (including phenoxy) is 2. The number of pyridine rings is 1. The average Bonchev–Trinajstić information content (AvgIpc) is 2.49. The van der Waals surface area contributed by atoms with Crippen LogP contribution in [0.25, 0.3) is 0 Å². The molecule has 20 heavy (non-hydrogen) atoms. The fourth-order valence-corrected chi connectivity index (χ4v) is 1.60. The van der Waals surface area contributed by atoms with E-state index in [9.17, 15) is 4.79 Å². The van der Waals surface area contributed by atoms with Crippen LogP contribution in [0.3, 0.4) is 0 Å². The van der Waals surface area contributed by atoms with Gasteiger partial charge >= 0.3 is 6.09 Å². The van der Waals surface area contributed by atoms with Crippen LogP contribution in [-0.4, -0.2) is 25.3 Å². The smallest absolute Gasteiger partial charge is 0.411 e. The third-order valence-electron chi connectivity index (χ3n) is 2.56. The Hall–Kier alpha value is -2.76. The van der Waals surface area contributed by atoms with Gasteiger partial charge in [-0.25, -0.2) is 9.78 Å². The molecule has 1 heterocycles. The van der Waals surface area contributed by atoms with E-state index in [0.717, 1.165) is 11.4 Å². The van der Waals surface area contributed by atoms with Gasteiger partial charge in [-0.05, 0) is 24.3 Å². The van der Waals surface area contributed by atoms with Crippen molar-refractivity contribution in [3.8, 4) is 5.75 Å². The molecule has 0 spiro atoms. The molecule has 1 aromatic heterocycles. The van der Waals surface area contributed by atoms with E-state index >= 15 is 0 Å². The Bertz CT molecular complexity index is 584. The second kappa shape index (κ2) is 6.42. The Kier molecular flexibility index (Phi) is 4.39. The van der Waals surface area contributed by atoms with Crippen LogP contribution in [0.2, 0.25) is 0 Å². The maximum Gasteiger partial charge on any atom is 0.411 e. The number of benzene rings is 1. The van der Waals surface area contributed by atoms with E-state index in [2.05, 4.69) is 20.4 Å². The summed E-state index contributed by atoms with van der Waals surface area (Å²) in [5.74, 6) is 1.37. The highest BCUT2D eigenvalue weighted by atomic mass is 16.5. The molecule has 0 atom stereocenters. The maximum absolute atomic E-state index is 11.0. The van der Waals surface area contributed by atoms with Gasteiger partial charge in [0.05, 0.1) is 31.8 Å². The Balaban J connectivity index is 2.09. The van der Waals surface area contributed by atoms with Crippen LogP contribution >= 0.6 is 0 Å². The first-order valence-corrected chi connectivity index (χ1v) is 5.94. The summed E-state index contributed by atoms with van der Waals surface area (Å²) in [5, 5.41) is 5.67. The normalized spacial score (nSPS) is 9.70. The number of para-hydroxylation sites is 2. The number of hydrogen-bond acceptors (Lipinski definition) is 5. The molecule has 2 N–H and O–H groups in total. The molecule has 0 saturated carbocycles. The Morgan fingerprint density at radius 3 is 2.60 bits per heavy atom. The summed E-state index contributed by atoms with van der Waals surface area (Å²) in [7, 11) is 2.91. The van der Waals surface area contributed by atoms with Gasteiger partial charge in [-0.1, -0.05) is 12.1 Å². The summed E-state index contributed by atoms with van der Waals surface area (Å²) in [6.45, 7) is 0. The van der Waals surface area contributed by atoms with E-state index in [0.29, 0.717) is 11.5 Å². The predicted molar refractivity (Wildman–Crippen MR) is 76.5 cm³/mol. The van der Waals surface area contributed by atoms with E-state index in [-0.39, 0.29) is 0 Å². The number of nitrogens with one attached hydrogen (secondary N) is 2. The molecule has 0 aliphatic rings. The van der Waals surface area contributed by atoms with Gasteiger partial charge in [0.1, 0.15) is 11.6 Å². The van der Waals surface area contributed by atoms with Gasteiger partial charge in [0, 0.05) is 0 Å². The van der Waals surface area contributed by atoms with E-state index in [4.69, 9.17) is 4.74 Å². The summed E-state index contributed by atoms with van der Waals surface area (Å²) in [4.78, 5) is 15.2. The van der Waals surface area contributed by atoms with E-state index in [1.165, 1.54) is 13.3 Å². The zero-order valence-electron chi connectivity index (χ0n) is 11.2. The lowest BCUT2D eigenvalue weighted by atomic mass is 10.3. The standard InChI is InChI=1S/C14H15N3O3/c1-19-12-6-4-3-5-11(12)17-13-8-7-10(9-15-13)16-14(18)20-2/h3-9H,1-2H3,(H,15,17)(H,16,18). The fourth-order valence-electron chi connectivity index (χ4n) is 1.60. The van der Waals surface area contributed by atoms with Gasteiger partial charge in [-0.3, -0.25) is 5.32 Å². The molecule has 1 aromatic carbocycles. The summed E-state index contributed by atoms with van der Waals surface area (Å²) in [5.41, 5.74) is 1.37. The molecule has 0 fully saturated rings. The molecule has 0 saturated heterocycles. The number of nitrogens with zero attached hydrogens (tertiary/aromatic N) is 1. The van der Waals surface area contributed by atoms with Crippen LogP contribution < -0.4 is 15.4 Å². The predicted octanol–water partition coefficient (Wildman–Crippen LogP) is 3.01. The highest BCUT2D eigenvalue weighted by Crippen LogP contribution is 2.26. The third-order valence-corrected chi connectivity index (χ3v) is 2.56. The summed E-state index contributed by atoms with van der Waals surface area (Å²) in [6.07, 6.45) is 1.01. The zero-order chi connectivity index (χ0) is 14.4. The first-order chi connectivity index (χ1) is 9.72. The van der Waals surface area contributed by atoms with Crippen LogP contribution in [0.15, 0.2) is 42.6 Å². The van der Waals surface area contributed by atoms with E-state index in [1.807, 2.05) is 24.3 Å². The molecule has 0 aliphatic heterocycles. The molecule has 2 rings (SSSR count). The SMILES string of the molecule is COC(=O)Nc1ccc(Nc2ccccc2OC)nc1. The fraction of sp³-hybridized carbons (Fsp3) is 0.143. The lowest BCUT2D eigenvalue weighted by Gasteiger charge is -2.10. The lowest BCUT2D eigenvalue weighted by Crippen LogP contribution is -2.11. The Morgan fingerprint density at radius 1 is 1.15 bits per heavy atom. The zero-order valence-corrected chi connectivity index (χ0v) is 11.2. The quantitative estimate of drug-likeness (QED) is 0.895. The van der Waals surface area contributed by atoms with Crippen molar-refractivity contribution in [1.82, 2.24) is 4.98 Å². The number of aromatic nitrogens is 1. The summed E-state index contributed by atoms with van der Waals surface area (Å²) in [6, 6.07) is 11.0. The van der Waals surface area contributed by atoms with Crippen LogP contribution in [-0.2, 0) is 4.74 Å². The van der Waals surface area contributed by atoms with Crippen molar-refractivity contribution in [2.45, 2.75) is 0 Å². The van der Waals surface area contributed by atoms with Crippen molar-refractivity contribution < 1.29 is 14.3 Å². The van der Waals surface area contributed by atoms with Crippen molar-refractivity contribution in [3.05, 3.63) is 42.6 Å². The number of amides is 1. The minimum absolute atomic E-state index is 0.530. The van der Waals surface area contributed by atoms with Crippen molar-refractivity contribution in [1.29, 1.82) is 0 Å². The minimum atomic E-state index is -0.530. The van der Waals surface area contributed by atoms with Gasteiger partial charge in [0.15, 0.2) is 0 Å². The van der Waals surface area contributed by atoms with Gasteiger partial charge in [-0.15, -0.1) is 0 Å². The molecule has 1 amide bonds. The van der Waals surface area contributed by atoms with Gasteiger partial charge in [0.2, 0.25) is 0 Å². The topological polar surface area (TPSA) is 72.5 Å². The summed E-state index contributed by atoms with van der Waals surface area (Å²) >= 11 is 0. The third kappa shape index (κ3) is 3.38. The molecule has 0 aliphatic carbocycles.